The van der Waals surface area contributed by atoms with Crippen LogP contribution in [0.5, 0.6) is 0 Å². The molecule has 3 saturated carbocycles. The van der Waals surface area contributed by atoms with E-state index in [0.29, 0.717) is 35.6 Å². The van der Waals surface area contributed by atoms with Crippen molar-refractivity contribution >= 4 is 11.8 Å². The lowest BCUT2D eigenvalue weighted by molar-refractivity contribution is -0.137. The minimum absolute atomic E-state index is 0.237. The second-order valence-corrected chi connectivity index (χ2v) is 13.6. The Morgan fingerprint density at radius 3 is 2.59 bits per heavy atom. The second kappa shape index (κ2) is 11.1. The van der Waals surface area contributed by atoms with Gasteiger partial charge in [-0.2, -0.15) is 0 Å². The number of hydrogen-bond donors (Lipinski definition) is 2. The zero-order valence-corrected chi connectivity index (χ0v) is 23.6. The van der Waals surface area contributed by atoms with Gasteiger partial charge in [0.1, 0.15) is 0 Å². The lowest BCUT2D eigenvalue weighted by atomic mass is 9.46. The van der Waals surface area contributed by atoms with E-state index >= 15 is 0 Å². The average Bonchev–Trinajstić information content (AvgIpc) is 3.25. The Hall–Kier alpha value is -1.84. The summed E-state index contributed by atoms with van der Waals surface area (Å²) in [5.74, 6) is 4.28. The molecule has 1 aliphatic heterocycles. The van der Waals surface area contributed by atoms with E-state index in [-0.39, 0.29) is 11.8 Å². The van der Waals surface area contributed by atoms with Gasteiger partial charge in [0.2, 0.25) is 11.8 Å². The average molecular weight is 507 g/mol. The van der Waals surface area contributed by atoms with Gasteiger partial charge < -0.3 is 10.6 Å². The Bertz CT molecular complexity index is 947. The molecule has 37 heavy (non-hydrogen) atoms. The molecule has 3 aliphatic carbocycles. The fourth-order valence-corrected chi connectivity index (χ4v) is 9.65. The summed E-state index contributed by atoms with van der Waals surface area (Å²) < 4.78 is 0. The molecular weight excluding hydrogens is 456 g/mol. The first kappa shape index (κ1) is 26.8. The summed E-state index contributed by atoms with van der Waals surface area (Å²) in [5, 5.41) is 6.55. The van der Waals surface area contributed by atoms with Crippen LogP contribution in [0.3, 0.4) is 0 Å². The summed E-state index contributed by atoms with van der Waals surface area (Å²) in [5.41, 5.74) is 2.10. The highest BCUT2D eigenvalue weighted by Crippen LogP contribution is 2.66. The Morgan fingerprint density at radius 2 is 1.78 bits per heavy atom. The van der Waals surface area contributed by atoms with Gasteiger partial charge in [0.15, 0.2) is 0 Å². The number of piperidine rings is 1. The highest BCUT2D eigenvalue weighted by molar-refractivity contribution is 5.77. The number of carbonyl (C=O) groups is 2. The molecule has 1 saturated heterocycles. The molecule has 4 nitrogen and oxygen atoms in total. The van der Waals surface area contributed by atoms with Crippen LogP contribution in [-0.2, 0) is 16.0 Å². The van der Waals surface area contributed by atoms with Crippen molar-refractivity contribution in [3.63, 3.8) is 0 Å². The predicted molar refractivity (Wildman–Crippen MR) is 150 cm³/mol. The molecule has 2 N–H and O–H groups in total. The van der Waals surface area contributed by atoms with Crippen LogP contribution in [-0.4, -0.2) is 24.4 Å². The predicted octanol–water partition coefficient (Wildman–Crippen LogP) is 6.68. The molecule has 5 rings (SSSR count). The van der Waals surface area contributed by atoms with E-state index in [0.717, 1.165) is 62.3 Å². The topological polar surface area (TPSA) is 58.2 Å². The molecule has 0 aromatic heterocycles. The van der Waals surface area contributed by atoms with Crippen LogP contribution in [0.4, 0.5) is 0 Å². The largest absolute Gasteiger partial charge is 0.356 e. The van der Waals surface area contributed by atoms with Crippen molar-refractivity contribution in [2.24, 2.45) is 40.4 Å². The van der Waals surface area contributed by atoms with E-state index in [1.165, 1.54) is 44.1 Å². The van der Waals surface area contributed by atoms with E-state index in [2.05, 4.69) is 61.7 Å². The van der Waals surface area contributed by atoms with Crippen LogP contribution in [0.1, 0.15) is 103 Å². The van der Waals surface area contributed by atoms with Gasteiger partial charge in [-0.25, -0.2) is 0 Å². The molecule has 4 fully saturated rings. The Kier molecular flexibility index (Phi) is 8.03. The normalized spacial score (nSPS) is 37.6. The standard InChI is InChI=1S/C33H50N2O2/c1-23(12-17-30(36)34-22-8-7-11-24-9-5-4-6-10-24)26-14-15-27-25-13-16-29-33(3,21-19-31(37)35-29)28(25)18-20-32(26,27)2/h4-6,9-10,23,25-29H,7-8,11-22H2,1-3H3,(H,34,36)(H,35,37)/t23-,25+,26-,27+,28+,29-,32-,33-/m1/s1. The summed E-state index contributed by atoms with van der Waals surface area (Å²) in [6.45, 7) is 8.32. The minimum atomic E-state index is 0.237. The van der Waals surface area contributed by atoms with Crippen molar-refractivity contribution < 1.29 is 9.59 Å². The number of rotatable bonds is 9. The van der Waals surface area contributed by atoms with Gasteiger partial charge in [0.05, 0.1) is 0 Å². The molecule has 1 aromatic carbocycles. The maximum atomic E-state index is 12.6. The molecule has 4 aliphatic rings. The highest BCUT2D eigenvalue weighted by atomic mass is 16.2. The van der Waals surface area contributed by atoms with Crippen LogP contribution in [0.15, 0.2) is 30.3 Å². The second-order valence-electron chi connectivity index (χ2n) is 13.6. The molecule has 204 valence electrons. The molecule has 1 heterocycles. The molecule has 0 bridgehead atoms. The number of benzene rings is 1. The summed E-state index contributed by atoms with van der Waals surface area (Å²) in [4.78, 5) is 24.7. The summed E-state index contributed by atoms with van der Waals surface area (Å²) in [7, 11) is 0. The van der Waals surface area contributed by atoms with Gasteiger partial charge in [0, 0.05) is 25.4 Å². The highest BCUT2D eigenvalue weighted by Gasteiger charge is 2.60. The third kappa shape index (κ3) is 5.36. The van der Waals surface area contributed by atoms with Crippen LogP contribution >= 0.6 is 0 Å². The van der Waals surface area contributed by atoms with E-state index in [1.807, 2.05) is 0 Å². The number of amides is 2. The van der Waals surface area contributed by atoms with Crippen molar-refractivity contribution in [1.82, 2.24) is 10.6 Å². The van der Waals surface area contributed by atoms with Gasteiger partial charge in [-0.05, 0) is 117 Å². The van der Waals surface area contributed by atoms with Gasteiger partial charge >= 0.3 is 0 Å². The lowest BCUT2D eigenvalue weighted by Crippen LogP contribution is -2.61. The molecule has 0 spiro atoms. The number of fused-ring (bicyclic) bond motifs is 5. The summed E-state index contributed by atoms with van der Waals surface area (Å²) >= 11 is 0. The third-order valence-electron chi connectivity index (χ3n) is 11.7. The number of nitrogens with one attached hydrogen (secondary N) is 2. The fraction of sp³-hybridized carbons (Fsp3) is 0.758. The van der Waals surface area contributed by atoms with Gasteiger partial charge in [-0.3, -0.25) is 9.59 Å². The van der Waals surface area contributed by atoms with Crippen molar-refractivity contribution in [1.29, 1.82) is 0 Å². The molecule has 8 atom stereocenters. The monoisotopic (exact) mass is 506 g/mol. The fourth-order valence-electron chi connectivity index (χ4n) is 9.65. The van der Waals surface area contributed by atoms with Crippen molar-refractivity contribution in [3.05, 3.63) is 35.9 Å². The molecule has 1 aromatic rings. The molecule has 4 heteroatoms. The number of unbranched alkanes of at least 4 members (excludes halogenated alkanes) is 1. The quantitative estimate of drug-likeness (QED) is 0.367. The first-order valence-electron chi connectivity index (χ1n) is 15.4. The molecular formula is C33H50N2O2. The number of aryl methyl sites for hydroxylation is 1. The maximum absolute atomic E-state index is 12.6. The smallest absolute Gasteiger partial charge is 0.220 e. The van der Waals surface area contributed by atoms with Gasteiger partial charge in [-0.1, -0.05) is 51.1 Å². The van der Waals surface area contributed by atoms with Crippen molar-refractivity contribution in [2.75, 3.05) is 6.54 Å². The first-order valence-corrected chi connectivity index (χ1v) is 15.4. The van der Waals surface area contributed by atoms with Crippen LogP contribution in [0, 0.1) is 40.4 Å². The Balaban J connectivity index is 1.08. The van der Waals surface area contributed by atoms with Crippen LogP contribution in [0.2, 0.25) is 0 Å². The Labute approximate surface area is 225 Å². The Morgan fingerprint density at radius 1 is 1.00 bits per heavy atom. The van der Waals surface area contributed by atoms with Crippen molar-refractivity contribution in [2.45, 2.75) is 110 Å². The van der Waals surface area contributed by atoms with E-state index in [9.17, 15) is 9.59 Å². The first-order chi connectivity index (χ1) is 17.8. The maximum Gasteiger partial charge on any atom is 0.220 e. The molecule has 0 unspecified atom stereocenters. The third-order valence-corrected chi connectivity index (χ3v) is 11.7. The summed E-state index contributed by atoms with van der Waals surface area (Å²) in [6.07, 6.45) is 14.6. The van der Waals surface area contributed by atoms with Gasteiger partial charge in [0.25, 0.3) is 0 Å². The van der Waals surface area contributed by atoms with Crippen LogP contribution in [0.25, 0.3) is 0 Å². The molecule has 0 radical (unpaired) electrons. The lowest BCUT2D eigenvalue weighted by Gasteiger charge is -2.60. The van der Waals surface area contributed by atoms with Crippen LogP contribution < -0.4 is 10.6 Å². The zero-order chi connectivity index (χ0) is 26.0. The minimum Gasteiger partial charge on any atom is -0.356 e. The summed E-state index contributed by atoms with van der Waals surface area (Å²) in [6, 6.07) is 11.0. The zero-order valence-electron chi connectivity index (χ0n) is 23.6. The van der Waals surface area contributed by atoms with Gasteiger partial charge in [-0.15, -0.1) is 0 Å². The van der Waals surface area contributed by atoms with E-state index in [1.54, 1.807) is 0 Å². The SMILES string of the molecule is C[C@H](CCC(=O)NCCCCc1ccccc1)[C@H]1CC[C@H]2[C@@H]3CC[C@H]4NC(=O)CC[C@]4(C)[C@H]3CC[C@]12C. The van der Waals surface area contributed by atoms with Crippen molar-refractivity contribution in [3.8, 4) is 0 Å². The number of hydrogen-bond acceptors (Lipinski definition) is 2. The van der Waals surface area contributed by atoms with E-state index < -0.39 is 0 Å². The number of carbonyl (C=O) groups excluding carboxylic acids is 2. The molecule has 2 amide bonds. The van der Waals surface area contributed by atoms with E-state index in [4.69, 9.17) is 0 Å².